The summed E-state index contributed by atoms with van der Waals surface area (Å²) in [5.74, 6) is -1.42. The molecule has 0 aromatic heterocycles. The second-order valence-electron chi connectivity index (χ2n) is 8.13. The summed E-state index contributed by atoms with van der Waals surface area (Å²) in [6.45, 7) is 7.85. The largest absolute Gasteiger partial charge is 0.464 e. The molecular weight excluding hydrogens is 342 g/mol. The molecule has 0 saturated carbocycles. The summed E-state index contributed by atoms with van der Waals surface area (Å²) in [6, 6.07) is 10.0. The molecule has 5 nitrogen and oxygen atoms in total. The van der Waals surface area contributed by atoms with Crippen molar-refractivity contribution in [2.45, 2.75) is 65.3 Å². The molecule has 1 aromatic rings. The number of ketones is 1. The van der Waals surface area contributed by atoms with Gasteiger partial charge in [-0.1, -0.05) is 51.1 Å². The molecule has 0 N–H and O–H groups in total. The first-order chi connectivity index (χ1) is 12.7. The van der Waals surface area contributed by atoms with Crippen LogP contribution in [0.3, 0.4) is 0 Å². The fourth-order valence-electron chi connectivity index (χ4n) is 3.31. The second-order valence-corrected chi connectivity index (χ2v) is 8.13. The molecule has 1 fully saturated rings. The van der Waals surface area contributed by atoms with Gasteiger partial charge in [0.05, 0.1) is 6.61 Å². The van der Waals surface area contributed by atoms with Gasteiger partial charge < -0.3 is 9.64 Å². The van der Waals surface area contributed by atoms with Gasteiger partial charge in [0.2, 0.25) is 5.78 Å². The summed E-state index contributed by atoms with van der Waals surface area (Å²) < 4.78 is 5.48. The summed E-state index contributed by atoms with van der Waals surface area (Å²) in [6.07, 6.45) is 3.35. The number of esters is 1. The molecule has 1 unspecified atom stereocenters. The quantitative estimate of drug-likeness (QED) is 0.397. The number of nitrogens with zero attached hydrogens (tertiary/aromatic N) is 1. The van der Waals surface area contributed by atoms with Gasteiger partial charge in [-0.25, -0.2) is 4.79 Å². The molecule has 2 rings (SSSR count). The number of amides is 1. The summed E-state index contributed by atoms with van der Waals surface area (Å²) in [5.41, 5.74) is -0.575. The van der Waals surface area contributed by atoms with Gasteiger partial charge in [0.25, 0.3) is 5.91 Å². The Labute approximate surface area is 162 Å². The third kappa shape index (κ3) is 4.76. The van der Waals surface area contributed by atoms with Crippen LogP contribution in [-0.4, -0.2) is 41.3 Å². The van der Waals surface area contributed by atoms with Crippen LogP contribution in [0.15, 0.2) is 30.3 Å². The van der Waals surface area contributed by atoms with E-state index in [9.17, 15) is 14.4 Å². The highest BCUT2D eigenvalue weighted by Crippen LogP contribution is 2.33. The number of benzene rings is 1. The number of hydrogen-bond donors (Lipinski definition) is 0. The maximum Gasteiger partial charge on any atom is 0.331 e. The average Bonchev–Trinajstić information content (AvgIpc) is 3.07. The Morgan fingerprint density at radius 1 is 1.19 bits per heavy atom. The molecule has 0 bridgehead atoms. The lowest BCUT2D eigenvalue weighted by atomic mass is 9.84. The number of Topliss-reactive ketones (excluding diaryl/α,β-unsaturated/α-hetero) is 1. The first kappa shape index (κ1) is 21.1. The summed E-state index contributed by atoms with van der Waals surface area (Å²) in [4.78, 5) is 39.5. The van der Waals surface area contributed by atoms with Crippen LogP contribution < -0.4 is 0 Å². The second kappa shape index (κ2) is 8.68. The maximum absolute atomic E-state index is 12.8. The molecule has 1 aliphatic rings. The molecule has 0 spiro atoms. The van der Waals surface area contributed by atoms with Crippen LogP contribution >= 0.6 is 0 Å². The Bertz CT molecular complexity index is 683. The zero-order valence-corrected chi connectivity index (χ0v) is 16.9. The van der Waals surface area contributed by atoms with Gasteiger partial charge in [-0.15, -0.1) is 0 Å². The number of likely N-dealkylation sites (tertiary alicyclic amines) is 1. The number of carbonyl (C=O) groups is 3. The number of carbonyl (C=O) groups excluding carboxylic acids is 3. The zero-order valence-electron chi connectivity index (χ0n) is 16.9. The third-order valence-electron chi connectivity index (χ3n) is 5.70. The van der Waals surface area contributed by atoms with Crippen LogP contribution in [0, 0.1) is 5.41 Å². The van der Waals surface area contributed by atoms with Crippen molar-refractivity contribution in [1.29, 1.82) is 0 Å². The molecule has 5 heteroatoms. The molecule has 0 radical (unpaired) electrons. The number of aryl methyl sites for hydroxylation is 1. The molecule has 1 amide bonds. The summed E-state index contributed by atoms with van der Waals surface area (Å²) in [7, 11) is 0. The number of rotatable bonds is 8. The predicted molar refractivity (Wildman–Crippen MR) is 104 cm³/mol. The van der Waals surface area contributed by atoms with E-state index in [1.54, 1.807) is 20.8 Å². The van der Waals surface area contributed by atoms with Gasteiger partial charge in [-0.05, 0) is 44.6 Å². The first-order valence-electron chi connectivity index (χ1n) is 9.80. The Morgan fingerprint density at radius 3 is 2.48 bits per heavy atom. The molecular formula is C22H31NO4. The van der Waals surface area contributed by atoms with Crippen molar-refractivity contribution in [1.82, 2.24) is 4.90 Å². The Hall–Kier alpha value is -2.17. The van der Waals surface area contributed by atoms with Crippen LogP contribution in [0.5, 0.6) is 0 Å². The molecule has 1 aromatic carbocycles. The number of hydrogen-bond acceptors (Lipinski definition) is 4. The van der Waals surface area contributed by atoms with E-state index >= 15 is 0 Å². The van der Waals surface area contributed by atoms with Crippen molar-refractivity contribution >= 4 is 17.7 Å². The van der Waals surface area contributed by atoms with Crippen molar-refractivity contribution in [3.63, 3.8) is 0 Å². The van der Waals surface area contributed by atoms with Crippen LogP contribution in [0.1, 0.15) is 58.9 Å². The predicted octanol–water partition coefficient (Wildman–Crippen LogP) is 3.55. The van der Waals surface area contributed by atoms with E-state index in [2.05, 4.69) is 0 Å². The van der Waals surface area contributed by atoms with Crippen molar-refractivity contribution < 1.29 is 19.1 Å². The molecule has 27 heavy (non-hydrogen) atoms. The first-order valence-corrected chi connectivity index (χ1v) is 9.80. The summed E-state index contributed by atoms with van der Waals surface area (Å²) >= 11 is 0. The van der Waals surface area contributed by atoms with Crippen LogP contribution in [-0.2, 0) is 25.5 Å². The monoisotopic (exact) mass is 373 g/mol. The fraction of sp³-hybridized carbons (Fsp3) is 0.591. The Kier molecular flexibility index (Phi) is 6.79. The van der Waals surface area contributed by atoms with Crippen LogP contribution in [0.25, 0.3) is 0 Å². The minimum Gasteiger partial charge on any atom is -0.464 e. The van der Waals surface area contributed by atoms with Crippen molar-refractivity contribution in [2.75, 3.05) is 13.2 Å². The molecule has 0 aliphatic carbocycles. The normalized spacial score (nSPS) is 19.8. The van der Waals surface area contributed by atoms with Crippen molar-refractivity contribution in [2.24, 2.45) is 5.41 Å². The highest BCUT2D eigenvalue weighted by Gasteiger charge is 2.50. The van der Waals surface area contributed by atoms with E-state index in [0.29, 0.717) is 32.4 Å². The minimum absolute atomic E-state index is 0.305. The van der Waals surface area contributed by atoms with Crippen LogP contribution in [0.2, 0.25) is 0 Å². The molecule has 1 heterocycles. The SMILES string of the molecule is CCC(C)(C)C(=O)C(=O)N1CCCC1(C)C(=O)OCCCc1ccccc1. The van der Waals surface area contributed by atoms with Gasteiger partial charge in [-0.2, -0.15) is 0 Å². The molecule has 1 saturated heterocycles. The van der Waals surface area contributed by atoms with Crippen molar-refractivity contribution in [3.8, 4) is 0 Å². The smallest absolute Gasteiger partial charge is 0.331 e. The lowest BCUT2D eigenvalue weighted by molar-refractivity contribution is -0.163. The van der Waals surface area contributed by atoms with Gasteiger partial charge >= 0.3 is 5.97 Å². The number of ether oxygens (including phenoxy) is 1. The zero-order chi connectivity index (χ0) is 20.1. The van der Waals surface area contributed by atoms with Crippen molar-refractivity contribution in [3.05, 3.63) is 35.9 Å². The van der Waals surface area contributed by atoms with Gasteiger partial charge in [-0.3, -0.25) is 9.59 Å². The van der Waals surface area contributed by atoms with E-state index in [4.69, 9.17) is 4.74 Å². The molecule has 148 valence electrons. The average molecular weight is 373 g/mol. The van der Waals surface area contributed by atoms with Gasteiger partial charge in [0, 0.05) is 12.0 Å². The van der Waals surface area contributed by atoms with Gasteiger partial charge in [0.15, 0.2) is 0 Å². The van der Waals surface area contributed by atoms with Crippen LogP contribution in [0.4, 0.5) is 0 Å². The fourth-order valence-corrected chi connectivity index (χ4v) is 3.31. The van der Waals surface area contributed by atoms with E-state index in [1.165, 1.54) is 10.5 Å². The Balaban J connectivity index is 1.95. The van der Waals surface area contributed by atoms with E-state index in [0.717, 1.165) is 12.8 Å². The van der Waals surface area contributed by atoms with E-state index in [-0.39, 0.29) is 0 Å². The lowest BCUT2D eigenvalue weighted by Crippen LogP contribution is -2.55. The standard InChI is InChI=1S/C22H31NO4/c1-5-21(2,3)18(24)19(25)23-15-10-14-22(23,4)20(26)27-16-9-13-17-11-7-6-8-12-17/h6-8,11-12H,5,9-10,13-16H2,1-4H3. The summed E-state index contributed by atoms with van der Waals surface area (Å²) in [5, 5.41) is 0. The lowest BCUT2D eigenvalue weighted by Gasteiger charge is -2.34. The molecule has 1 aliphatic heterocycles. The Morgan fingerprint density at radius 2 is 1.85 bits per heavy atom. The third-order valence-corrected chi connectivity index (χ3v) is 5.70. The highest BCUT2D eigenvalue weighted by atomic mass is 16.5. The highest BCUT2D eigenvalue weighted by molar-refractivity contribution is 6.38. The van der Waals surface area contributed by atoms with Gasteiger partial charge in [0.1, 0.15) is 5.54 Å². The minimum atomic E-state index is -1.05. The molecule has 1 atom stereocenters. The topological polar surface area (TPSA) is 63.7 Å². The van der Waals surface area contributed by atoms with E-state index < -0.39 is 28.6 Å². The maximum atomic E-state index is 12.8. The van der Waals surface area contributed by atoms with E-state index in [1.807, 2.05) is 37.3 Å².